The second kappa shape index (κ2) is 8.60. The van der Waals surface area contributed by atoms with Crippen LogP contribution in [0.2, 0.25) is 0 Å². The highest BCUT2D eigenvalue weighted by molar-refractivity contribution is 5.31. The Morgan fingerprint density at radius 2 is 1.76 bits per heavy atom. The second-order valence-electron chi connectivity index (χ2n) is 9.66. The Morgan fingerprint density at radius 1 is 1.03 bits per heavy atom. The Morgan fingerprint density at radius 3 is 2.52 bits per heavy atom. The van der Waals surface area contributed by atoms with Gasteiger partial charge >= 0.3 is 0 Å². The zero-order valence-electron chi connectivity index (χ0n) is 18.9. The summed E-state index contributed by atoms with van der Waals surface area (Å²) >= 11 is 0. The van der Waals surface area contributed by atoms with Gasteiger partial charge in [-0.2, -0.15) is 10.2 Å². The molecule has 4 rings (SSSR count). The first-order chi connectivity index (χ1) is 14.0. The number of rotatable bonds is 5. The van der Waals surface area contributed by atoms with E-state index in [1.54, 1.807) is 0 Å². The summed E-state index contributed by atoms with van der Waals surface area (Å²) in [5, 5.41) is 16.2. The summed E-state index contributed by atoms with van der Waals surface area (Å²) in [5.41, 5.74) is 8.19. The van der Waals surface area contributed by atoms with Crippen molar-refractivity contribution in [1.82, 2.24) is 30.2 Å². The number of fused-ring (bicyclic) bond motifs is 2. The van der Waals surface area contributed by atoms with Crippen LogP contribution in [0.1, 0.15) is 86.3 Å². The van der Waals surface area contributed by atoms with E-state index in [2.05, 4.69) is 59.8 Å². The molecule has 0 saturated carbocycles. The Hall–Kier alpha value is -1.66. The minimum Gasteiger partial charge on any atom is -0.302 e. The smallest absolute Gasteiger partial charge is 0.0698 e. The van der Waals surface area contributed by atoms with Gasteiger partial charge in [0.05, 0.1) is 11.4 Å². The maximum absolute atomic E-state index is 4.80. The van der Waals surface area contributed by atoms with Gasteiger partial charge in [0.25, 0.3) is 0 Å². The number of aromatic amines is 2. The molecule has 29 heavy (non-hydrogen) atoms. The van der Waals surface area contributed by atoms with Crippen molar-refractivity contribution >= 4 is 0 Å². The molecule has 2 aliphatic rings. The highest BCUT2D eigenvalue weighted by Crippen LogP contribution is 2.33. The van der Waals surface area contributed by atoms with Crippen LogP contribution < -0.4 is 0 Å². The number of aryl methyl sites for hydroxylation is 1. The van der Waals surface area contributed by atoms with Gasteiger partial charge in [-0.05, 0) is 57.7 Å². The average molecular weight is 399 g/mol. The van der Waals surface area contributed by atoms with Crippen molar-refractivity contribution in [2.24, 2.45) is 5.92 Å². The largest absolute Gasteiger partial charge is 0.302 e. The molecule has 6 nitrogen and oxygen atoms in total. The van der Waals surface area contributed by atoms with E-state index in [4.69, 9.17) is 5.10 Å². The summed E-state index contributed by atoms with van der Waals surface area (Å²) in [6.07, 6.45) is 4.62. The van der Waals surface area contributed by atoms with Crippen LogP contribution in [0.3, 0.4) is 0 Å². The van der Waals surface area contributed by atoms with E-state index < -0.39 is 0 Å². The number of H-pyrrole nitrogens is 2. The topological polar surface area (TPSA) is 63.8 Å². The molecule has 0 aromatic carbocycles. The van der Waals surface area contributed by atoms with E-state index in [0.717, 1.165) is 39.0 Å². The van der Waals surface area contributed by atoms with Crippen LogP contribution >= 0.6 is 0 Å². The van der Waals surface area contributed by atoms with Crippen LogP contribution in [0.15, 0.2) is 0 Å². The summed E-state index contributed by atoms with van der Waals surface area (Å²) in [6, 6.07) is 0. The molecule has 2 unspecified atom stereocenters. The zero-order chi connectivity index (χ0) is 20.5. The van der Waals surface area contributed by atoms with Crippen LogP contribution in [0.4, 0.5) is 0 Å². The molecule has 0 spiro atoms. The quantitative estimate of drug-likeness (QED) is 0.804. The standard InChI is InChI=1S/C23H38N6/c1-6-29-9-7-8-20-19(14-29)23(27-24-20)16(4)10-17-11-21-18(13-28(5)12-17)22(15(2)3)26-25-21/h15-17H,6-14H2,1-5H3,(H,24,27)(H,25,26). The Labute approximate surface area is 175 Å². The number of nitrogens with zero attached hydrogens (tertiary/aromatic N) is 4. The van der Waals surface area contributed by atoms with Gasteiger partial charge in [0.1, 0.15) is 0 Å². The van der Waals surface area contributed by atoms with Gasteiger partial charge in [0.2, 0.25) is 0 Å². The molecule has 2 aliphatic heterocycles. The third-order valence-corrected chi connectivity index (χ3v) is 6.89. The third-order valence-electron chi connectivity index (χ3n) is 6.89. The van der Waals surface area contributed by atoms with Gasteiger partial charge in [-0.3, -0.25) is 15.1 Å². The van der Waals surface area contributed by atoms with Crippen LogP contribution in [0, 0.1) is 5.92 Å². The normalized spacial score (nSPS) is 22.2. The number of hydrogen-bond acceptors (Lipinski definition) is 4. The van der Waals surface area contributed by atoms with Crippen LogP contribution in [-0.4, -0.2) is 56.9 Å². The maximum atomic E-state index is 4.80. The lowest BCUT2D eigenvalue weighted by atomic mass is 9.88. The summed E-state index contributed by atoms with van der Waals surface area (Å²) in [4.78, 5) is 5.04. The molecule has 0 amide bonds. The summed E-state index contributed by atoms with van der Waals surface area (Å²) in [6.45, 7) is 14.6. The first kappa shape index (κ1) is 20.6. The molecular formula is C23H38N6. The van der Waals surface area contributed by atoms with Gasteiger partial charge in [-0.15, -0.1) is 0 Å². The predicted molar refractivity (Wildman–Crippen MR) is 117 cm³/mol. The third kappa shape index (κ3) is 4.29. The first-order valence-corrected chi connectivity index (χ1v) is 11.5. The van der Waals surface area contributed by atoms with Gasteiger partial charge in [0.15, 0.2) is 0 Å². The highest BCUT2D eigenvalue weighted by atomic mass is 15.2. The summed E-state index contributed by atoms with van der Waals surface area (Å²) in [7, 11) is 2.25. The van der Waals surface area contributed by atoms with Crippen LogP contribution in [0.25, 0.3) is 0 Å². The lowest BCUT2D eigenvalue weighted by molar-refractivity contribution is 0.261. The van der Waals surface area contributed by atoms with Crippen molar-refractivity contribution < 1.29 is 0 Å². The van der Waals surface area contributed by atoms with Crippen molar-refractivity contribution in [3.05, 3.63) is 33.9 Å². The maximum Gasteiger partial charge on any atom is 0.0698 e. The minimum absolute atomic E-state index is 0.472. The van der Waals surface area contributed by atoms with Gasteiger partial charge < -0.3 is 4.90 Å². The second-order valence-corrected chi connectivity index (χ2v) is 9.66. The number of aromatic nitrogens is 4. The monoisotopic (exact) mass is 398 g/mol. The van der Waals surface area contributed by atoms with E-state index in [1.807, 2.05) is 0 Å². The summed E-state index contributed by atoms with van der Waals surface area (Å²) < 4.78 is 0. The van der Waals surface area contributed by atoms with Crippen molar-refractivity contribution in [3.63, 3.8) is 0 Å². The van der Waals surface area contributed by atoms with E-state index in [0.29, 0.717) is 17.8 Å². The molecule has 2 aromatic heterocycles. The fourth-order valence-corrected chi connectivity index (χ4v) is 5.40. The number of hydrogen-bond donors (Lipinski definition) is 2. The first-order valence-electron chi connectivity index (χ1n) is 11.5. The van der Waals surface area contributed by atoms with Crippen LogP contribution in [0.5, 0.6) is 0 Å². The fraction of sp³-hybridized carbons (Fsp3) is 0.739. The van der Waals surface area contributed by atoms with Gasteiger partial charge in [-0.1, -0.05) is 27.7 Å². The highest BCUT2D eigenvalue weighted by Gasteiger charge is 2.29. The van der Waals surface area contributed by atoms with Crippen molar-refractivity contribution in [3.8, 4) is 0 Å². The van der Waals surface area contributed by atoms with Gasteiger partial charge in [0, 0.05) is 48.1 Å². The molecule has 2 aromatic rings. The minimum atomic E-state index is 0.472. The molecule has 0 aliphatic carbocycles. The molecule has 2 atom stereocenters. The van der Waals surface area contributed by atoms with Crippen molar-refractivity contribution in [2.45, 2.75) is 78.3 Å². The molecular weight excluding hydrogens is 360 g/mol. The Bertz CT molecular complexity index is 819. The molecule has 4 heterocycles. The molecule has 6 heteroatoms. The van der Waals surface area contributed by atoms with Crippen molar-refractivity contribution in [2.75, 3.05) is 26.7 Å². The van der Waals surface area contributed by atoms with Crippen LogP contribution in [-0.2, 0) is 25.9 Å². The van der Waals surface area contributed by atoms with Crippen molar-refractivity contribution in [1.29, 1.82) is 0 Å². The fourth-order valence-electron chi connectivity index (χ4n) is 5.40. The lowest BCUT2D eigenvalue weighted by Crippen LogP contribution is -2.26. The molecule has 0 bridgehead atoms. The zero-order valence-corrected chi connectivity index (χ0v) is 18.9. The Kier molecular flexibility index (Phi) is 6.11. The molecule has 2 N–H and O–H groups in total. The van der Waals surface area contributed by atoms with E-state index in [9.17, 15) is 0 Å². The average Bonchev–Trinajstić information content (AvgIpc) is 3.13. The molecule has 0 radical (unpaired) electrons. The number of nitrogens with one attached hydrogen (secondary N) is 2. The summed E-state index contributed by atoms with van der Waals surface area (Å²) in [5.74, 6) is 1.57. The van der Waals surface area contributed by atoms with E-state index in [-0.39, 0.29) is 0 Å². The van der Waals surface area contributed by atoms with Gasteiger partial charge in [-0.25, -0.2) is 0 Å². The SMILES string of the molecule is CCN1CCCc2[nH]nc(C(C)CC3Cc4[nH]nc(C(C)C)c4CN(C)C3)c2C1. The predicted octanol–water partition coefficient (Wildman–Crippen LogP) is 3.82. The lowest BCUT2D eigenvalue weighted by Gasteiger charge is -2.24. The van der Waals surface area contributed by atoms with E-state index in [1.165, 1.54) is 53.3 Å². The molecule has 0 saturated heterocycles. The molecule has 160 valence electrons. The molecule has 0 fully saturated rings. The Balaban J connectivity index is 1.51. The van der Waals surface area contributed by atoms with E-state index >= 15 is 0 Å².